The molecule has 1 aliphatic heterocycles. The number of amides is 1. The SMILES string of the molecule is CC(C)(C)OC(=O)N1CCC(c2cc(=O)[nH]c3c(-c4nc(-c5ccccc5F)cs4)cnn23)CC1. The molecule has 1 aromatic carbocycles. The quantitative estimate of drug-likeness (QED) is 0.429. The monoisotopic (exact) mass is 495 g/mol. The van der Waals surface area contributed by atoms with E-state index in [0.717, 1.165) is 5.69 Å². The van der Waals surface area contributed by atoms with Gasteiger partial charge in [-0.15, -0.1) is 11.3 Å². The molecule has 4 heterocycles. The molecule has 0 bridgehead atoms. The number of H-pyrrole nitrogens is 1. The van der Waals surface area contributed by atoms with Gasteiger partial charge in [-0.2, -0.15) is 5.10 Å². The second-order valence-corrected chi connectivity index (χ2v) is 10.5. The zero-order valence-electron chi connectivity index (χ0n) is 19.7. The van der Waals surface area contributed by atoms with Gasteiger partial charge >= 0.3 is 6.09 Å². The number of hydrogen-bond donors (Lipinski definition) is 1. The Morgan fingerprint density at radius 1 is 1.20 bits per heavy atom. The summed E-state index contributed by atoms with van der Waals surface area (Å²) in [6.07, 6.45) is 2.75. The van der Waals surface area contributed by atoms with E-state index >= 15 is 0 Å². The standard InChI is InChI=1S/C25H26FN5O3S/c1-25(2,3)34-24(33)30-10-8-15(9-11-30)20-12-21(32)29-22-17(13-27-31(20)22)23-28-19(14-35-23)16-6-4-5-7-18(16)26/h4-7,12-15H,8-11H2,1-3H3,(H,29,32). The van der Waals surface area contributed by atoms with E-state index in [2.05, 4.69) is 15.1 Å². The number of thiazole rings is 1. The number of nitrogens with one attached hydrogen (secondary N) is 1. The molecule has 1 fully saturated rings. The van der Waals surface area contributed by atoms with Crippen LogP contribution in [0.2, 0.25) is 0 Å². The Kier molecular flexibility index (Phi) is 5.92. The minimum Gasteiger partial charge on any atom is -0.444 e. The molecule has 0 unspecified atom stereocenters. The Morgan fingerprint density at radius 3 is 2.66 bits per heavy atom. The normalized spacial score (nSPS) is 15.0. The van der Waals surface area contributed by atoms with Crippen LogP contribution in [0, 0.1) is 5.82 Å². The van der Waals surface area contributed by atoms with Crippen molar-refractivity contribution in [3.63, 3.8) is 0 Å². The average molecular weight is 496 g/mol. The third-order valence-corrected chi connectivity index (χ3v) is 6.86. The summed E-state index contributed by atoms with van der Waals surface area (Å²) in [5.74, 6) is -0.269. The van der Waals surface area contributed by atoms with E-state index in [1.165, 1.54) is 17.4 Å². The Labute approximate surface area is 205 Å². The lowest BCUT2D eigenvalue weighted by Gasteiger charge is -2.33. The summed E-state index contributed by atoms with van der Waals surface area (Å²) in [4.78, 5) is 34.2. The summed E-state index contributed by atoms with van der Waals surface area (Å²) in [5, 5.41) is 6.99. The van der Waals surface area contributed by atoms with E-state index in [0.29, 0.717) is 53.4 Å². The first kappa shape index (κ1) is 23.2. The van der Waals surface area contributed by atoms with Gasteiger partial charge in [-0.25, -0.2) is 18.7 Å². The van der Waals surface area contributed by atoms with Gasteiger partial charge in [0, 0.05) is 36.0 Å². The lowest BCUT2D eigenvalue weighted by Crippen LogP contribution is -2.41. The van der Waals surface area contributed by atoms with Crippen LogP contribution in [0.5, 0.6) is 0 Å². The minimum atomic E-state index is -0.541. The fraction of sp³-hybridized carbons (Fsp3) is 0.360. The maximum atomic E-state index is 14.2. The second kappa shape index (κ2) is 8.92. The van der Waals surface area contributed by atoms with Crippen molar-refractivity contribution in [1.29, 1.82) is 0 Å². The number of aromatic nitrogens is 4. The number of likely N-dealkylation sites (tertiary alicyclic amines) is 1. The Morgan fingerprint density at radius 2 is 1.94 bits per heavy atom. The van der Waals surface area contributed by atoms with Crippen LogP contribution in [-0.4, -0.2) is 49.3 Å². The van der Waals surface area contributed by atoms with Gasteiger partial charge in [0.2, 0.25) is 0 Å². The van der Waals surface area contributed by atoms with Crippen LogP contribution < -0.4 is 5.56 Å². The van der Waals surface area contributed by atoms with Crippen LogP contribution in [0.25, 0.3) is 27.5 Å². The van der Waals surface area contributed by atoms with E-state index in [1.54, 1.807) is 45.3 Å². The predicted molar refractivity (Wildman–Crippen MR) is 132 cm³/mol. The molecule has 0 saturated carbocycles. The Bertz CT molecular complexity index is 1440. The number of carbonyl (C=O) groups is 1. The molecular formula is C25H26FN5O3S. The molecule has 0 aliphatic carbocycles. The third-order valence-electron chi connectivity index (χ3n) is 5.98. The first-order valence-corrected chi connectivity index (χ1v) is 12.4. The zero-order chi connectivity index (χ0) is 24.7. The van der Waals surface area contributed by atoms with Crippen LogP contribution in [-0.2, 0) is 4.74 Å². The molecule has 182 valence electrons. The first-order valence-electron chi connectivity index (χ1n) is 11.5. The van der Waals surface area contributed by atoms with Gasteiger partial charge < -0.3 is 14.6 Å². The number of carbonyl (C=O) groups excluding carboxylic acids is 1. The molecule has 1 aliphatic rings. The van der Waals surface area contributed by atoms with Crippen molar-refractivity contribution in [2.75, 3.05) is 13.1 Å². The highest BCUT2D eigenvalue weighted by molar-refractivity contribution is 7.13. The van der Waals surface area contributed by atoms with E-state index in [1.807, 2.05) is 20.8 Å². The number of hydrogen-bond acceptors (Lipinski definition) is 6. The van der Waals surface area contributed by atoms with Gasteiger partial charge in [0.1, 0.15) is 22.1 Å². The molecule has 0 atom stereocenters. The maximum absolute atomic E-state index is 14.2. The van der Waals surface area contributed by atoms with Gasteiger partial charge in [0.05, 0.1) is 23.1 Å². The van der Waals surface area contributed by atoms with Crippen LogP contribution in [0.15, 0.2) is 46.7 Å². The van der Waals surface area contributed by atoms with E-state index < -0.39 is 5.60 Å². The van der Waals surface area contributed by atoms with Crippen molar-refractivity contribution >= 4 is 23.1 Å². The van der Waals surface area contributed by atoms with E-state index in [-0.39, 0.29) is 23.4 Å². The van der Waals surface area contributed by atoms with Crippen molar-refractivity contribution in [1.82, 2.24) is 24.5 Å². The molecule has 0 spiro atoms. The zero-order valence-corrected chi connectivity index (χ0v) is 20.6. The summed E-state index contributed by atoms with van der Waals surface area (Å²) < 4.78 is 21.4. The van der Waals surface area contributed by atoms with Crippen LogP contribution in [0.1, 0.15) is 45.2 Å². The maximum Gasteiger partial charge on any atom is 0.410 e. The molecular weight excluding hydrogens is 469 g/mol. The summed E-state index contributed by atoms with van der Waals surface area (Å²) >= 11 is 1.37. The van der Waals surface area contributed by atoms with Gasteiger partial charge in [0.25, 0.3) is 5.56 Å². The Hall–Kier alpha value is -3.53. The number of fused-ring (bicyclic) bond motifs is 1. The molecule has 5 rings (SSSR count). The number of rotatable bonds is 3. The van der Waals surface area contributed by atoms with Crippen LogP contribution >= 0.6 is 11.3 Å². The number of piperidine rings is 1. The summed E-state index contributed by atoms with van der Waals surface area (Å²) in [6.45, 7) is 6.63. The fourth-order valence-corrected chi connectivity index (χ4v) is 5.16. The topological polar surface area (TPSA) is 92.6 Å². The van der Waals surface area contributed by atoms with E-state index in [9.17, 15) is 14.0 Å². The number of halogens is 1. The summed E-state index contributed by atoms with van der Waals surface area (Å²) in [5.41, 5.74) is 2.23. The largest absolute Gasteiger partial charge is 0.444 e. The molecule has 8 nitrogen and oxygen atoms in total. The minimum absolute atomic E-state index is 0.0662. The molecule has 10 heteroatoms. The molecule has 0 radical (unpaired) electrons. The number of ether oxygens (including phenoxy) is 1. The third kappa shape index (κ3) is 4.70. The second-order valence-electron chi connectivity index (χ2n) is 9.64. The molecule has 1 saturated heterocycles. The lowest BCUT2D eigenvalue weighted by atomic mass is 9.93. The van der Waals surface area contributed by atoms with Crippen molar-refractivity contribution in [3.05, 3.63) is 63.8 Å². The number of nitrogens with zero attached hydrogens (tertiary/aromatic N) is 4. The molecule has 4 aromatic rings. The van der Waals surface area contributed by atoms with Gasteiger partial charge in [-0.05, 0) is 45.7 Å². The van der Waals surface area contributed by atoms with Gasteiger partial charge in [-0.3, -0.25) is 4.79 Å². The highest BCUT2D eigenvalue weighted by Gasteiger charge is 2.29. The van der Waals surface area contributed by atoms with Crippen molar-refractivity contribution in [2.24, 2.45) is 0 Å². The van der Waals surface area contributed by atoms with Crippen molar-refractivity contribution < 1.29 is 13.9 Å². The van der Waals surface area contributed by atoms with Crippen LogP contribution in [0.3, 0.4) is 0 Å². The fourth-order valence-electron chi connectivity index (χ4n) is 4.33. The highest BCUT2D eigenvalue weighted by atomic mass is 32.1. The first-order chi connectivity index (χ1) is 16.7. The highest BCUT2D eigenvalue weighted by Crippen LogP contribution is 2.34. The number of benzene rings is 1. The predicted octanol–water partition coefficient (Wildman–Crippen LogP) is 5.07. The smallest absolute Gasteiger partial charge is 0.410 e. The summed E-state index contributed by atoms with van der Waals surface area (Å²) in [7, 11) is 0. The molecule has 1 amide bonds. The average Bonchev–Trinajstić information content (AvgIpc) is 3.45. The Balaban J connectivity index is 1.41. The van der Waals surface area contributed by atoms with Gasteiger partial charge in [-0.1, -0.05) is 12.1 Å². The van der Waals surface area contributed by atoms with Crippen molar-refractivity contribution in [2.45, 2.75) is 45.1 Å². The van der Waals surface area contributed by atoms with Gasteiger partial charge in [0.15, 0.2) is 0 Å². The van der Waals surface area contributed by atoms with Crippen molar-refractivity contribution in [3.8, 4) is 21.8 Å². The van der Waals surface area contributed by atoms with E-state index in [4.69, 9.17) is 4.74 Å². The number of aromatic amines is 1. The molecule has 3 aromatic heterocycles. The summed E-state index contributed by atoms with van der Waals surface area (Å²) in [6, 6.07) is 8.08. The van der Waals surface area contributed by atoms with Crippen LogP contribution in [0.4, 0.5) is 9.18 Å². The lowest BCUT2D eigenvalue weighted by molar-refractivity contribution is 0.0203. The molecule has 35 heavy (non-hydrogen) atoms. The molecule has 1 N–H and O–H groups in total.